The van der Waals surface area contributed by atoms with Gasteiger partial charge in [0, 0.05) is 70.2 Å². The first-order valence-electron chi connectivity index (χ1n) is 14.0. The molecule has 1 aliphatic heterocycles. The number of pyridine rings is 2. The smallest absolute Gasteiger partial charge is 0.247 e. The van der Waals surface area contributed by atoms with Crippen LogP contribution in [0.15, 0.2) is 59.7 Å². The van der Waals surface area contributed by atoms with E-state index in [-0.39, 0.29) is 23.4 Å². The van der Waals surface area contributed by atoms with Crippen LogP contribution >= 0.6 is 0 Å². The first kappa shape index (κ1) is 27.7. The summed E-state index contributed by atoms with van der Waals surface area (Å²) in [6.07, 6.45) is 7.27. The van der Waals surface area contributed by atoms with Crippen LogP contribution in [0.4, 0.5) is 0 Å². The highest BCUT2D eigenvalue weighted by atomic mass is 16.5. The maximum absolute atomic E-state index is 13.3. The molecule has 9 nitrogen and oxygen atoms in total. The maximum Gasteiger partial charge on any atom is 0.247 e. The summed E-state index contributed by atoms with van der Waals surface area (Å²) in [5.41, 5.74) is 12.3. The summed E-state index contributed by atoms with van der Waals surface area (Å²) in [5, 5.41) is 0. The predicted molar refractivity (Wildman–Crippen MR) is 156 cm³/mol. The third kappa shape index (κ3) is 6.32. The number of amides is 1. The molecule has 1 aliphatic rings. The summed E-state index contributed by atoms with van der Waals surface area (Å²) in [6, 6.07) is 13.1. The number of nitrogens with two attached hydrogens (primary N) is 1. The number of aromatic nitrogens is 4. The number of aromatic amines is 1. The van der Waals surface area contributed by atoms with Gasteiger partial charge in [-0.2, -0.15) is 0 Å². The average Bonchev–Trinajstić information content (AvgIpc) is 3.34. The summed E-state index contributed by atoms with van der Waals surface area (Å²) >= 11 is 0. The number of H-pyrrole nitrogens is 1. The van der Waals surface area contributed by atoms with Crippen molar-refractivity contribution in [3.63, 3.8) is 0 Å². The molecular weight excluding hydrogens is 504 g/mol. The first-order chi connectivity index (χ1) is 19.4. The zero-order valence-corrected chi connectivity index (χ0v) is 23.3. The summed E-state index contributed by atoms with van der Waals surface area (Å²) in [6.45, 7) is 4.92. The largest absolute Gasteiger partial charge is 0.385 e. The molecule has 4 heterocycles. The molecule has 1 aromatic carbocycles. The van der Waals surface area contributed by atoms with E-state index in [0.717, 1.165) is 71.6 Å². The normalized spacial score (nSPS) is 16.4. The topological polar surface area (TPSA) is 119 Å². The molecule has 1 amide bonds. The molecule has 0 bridgehead atoms. The minimum atomic E-state index is -0.266. The highest BCUT2D eigenvalue weighted by molar-refractivity contribution is 5.77. The number of imidazole rings is 1. The molecule has 9 heteroatoms. The Balaban J connectivity index is 1.23. The van der Waals surface area contributed by atoms with Crippen LogP contribution < -0.4 is 11.3 Å². The SMILES string of the molecule is COCCCn1c([C@@H]2CCCN(C(=O)C[C@H](N)Cc3ccc(-c4ccc(=O)[nH]c4)cc3)C2)nc2c(C)ccnc21. The molecule has 0 radical (unpaired) electrons. The van der Waals surface area contributed by atoms with Gasteiger partial charge in [0.15, 0.2) is 5.65 Å². The van der Waals surface area contributed by atoms with Crippen LogP contribution in [0.1, 0.15) is 48.6 Å². The van der Waals surface area contributed by atoms with E-state index in [2.05, 4.69) is 21.5 Å². The van der Waals surface area contributed by atoms with Gasteiger partial charge in [0.05, 0.1) is 0 Å². The predicted octanol–water partition coefficient (Wildman–Crippen LogP) is 3.80. The number of likely N-dealkylation sites (tertiary alicyclic amines) is 1. The van der Waals surface area contributed by atoms with Crippen molar-refractivity contribution >= 4 is 17.1 Å². The molecule has 4 aromatic rings. The lowest BCUT2D eigenvalue weighted by Gasteiger charge is -2.33. The van der Waals surface area contributed by atoms with Gasteiger partial charge in [-0.25, -0.2) is 9.97 Å². The second-order valence-electron chi connectivity index (χ2n) is 10.8. The molecule has 0 aliphatic carbocycles. The van der Waals surface area contributed by atoms with Gasteiger partial charge in [-0.15, -0.1) is 0 Å². The zero-order chi connectivity index (χ0) is 28.1. The van der Waals surface area contributed by atoms with Crippen molar-refractivity contribution in [1.82, 2.24) is 24.4 Å². The van der Waals surface area contributed by atoms with E-state index in [1.54, 1.807) is 19.4 Å². The Labute approximate surface area is 234 Å². The van der Waals surface area contributed by atoms with Crippen LogP contribution in [0.2, 0.25) is 0 Å². The Morgan fingerprint density at radius 2 is 1.98 bits per heavy atom. The number of nitrogens with one attached hydrogen (secondary N) is 1. The van der Waals surface area contributed by atoms with Gasteiger partial charge in [-0.05, 0) is 67.0 Å². The minimum absolute atomic E-state index is 0.0957. The van der Waals surface area contributed by atoms with Gasteiger partial charge >= 0.3 is 0 Å². The number of rotatable bonds is 10. The molecule has 3 N–H and O–H groups in total. The molecule has 0 spiro atoms. The third-order valence-electron chi connectivity index (χ3n) is 7.74. The maximum atomic E-state index is 13.3. The number of nitrogens with zero attached hydrogens (tertiary/aromatic N) is 4. The molecule has 0 unspecified atom stereocenters. The van der Waals surface area contributed by atoms with Crippen molar-refractivity contribution in [3.05, 3.63) is 82.2 Å². The van der Waals surface area contributed by atoms with Gasteiger partial charge in [-0.1, -0.05) is 24.3 Å². The average molecular weight is 543 g/mol. The summed E-state index contributed by atoms with van der Waals surface area (Å²) in [5.74, 6) is 1.27. The fourth-order valence-corrected chi connectivity index (χ4v) is 5.62. The van der Waals surface area contributed by atoms with Crippen LogP contribution in [-0.2, 0) is 22.5 Å². The molecule has 210 valence electrons. The van der Waals surface area contributed by atoms with E-state index < -0.39 is 0 Å². The number of carbonyl (C=O) groups excluding carboxylic acids is 1. The fraction of sp³-hybridized carbons (Fsp3) is 0.419. The van der Waals surface area contributed by atoms with E-state index in [1.165, 1.54) is 6.07 Å². The van der Waals surface area contributed by atoms with Crippen molar-refractivity contribution < 1.29 is 9.53 Å². The van der Waals surface area contributed by atoms with Crippen molar-refractivity contribution in [2.45, 2.75) is 57.5 Å². The fourth-order valence-electron chi connectivity index (χ4n) is 5.62. The van der Waals surface area contributed by atoms with Gasteiger partial charge in [0.1, 0.15) is 11.3 Å². The number of fused-ring (bicyclic) bond motifs is 1. The van der Waals surface area contributed by atoms with Crippen LogP contribution in [0, 0.1) is 6.92 Å². The lowest BCUT2D eigenvalue weighted by atomic mass is 9.95. The number of benzene rings is 1. The van der Waals surface area contributed by atoms with Gasteiger partial charge in [0.25, 0.3) is 0 Å². The van der Waals surface area contributed by atoms with Gasteiger partial charge < -0.3 is 24.9 Å². The van der Waals surface area contributed by atoms with Crippen molar-refractivity contribution in [3.8, 4) is 11.1 Å². The van der Waals surface area contributed by atoms with Gasteiger partial charge in [0.2, 0.25) is 11.5 Å². The number of methoxy groups -OCH3 is 1. The van der Waals surface area contributed by atoms with Crippen molar-refractivity contribution in [2.24, 2.45) is 5.73 Å². The number of ether oxygens (including phenoxy) is 1. The van der Waals surface area contributed by atoms with E-state index in [1.807, 2.05) is 41.4 Å². The summed E-state index contributed by atoms with van der Waals surface area (Å²) in [7, 11) is 1.72. The Morgan fingerprint density at radius 1 is 1.18 bits per heavy atom. The van der Waals surface area contributed by atoms with E-state index in [4.69, 9.17) is 15.5 Å². The Kier molecular flexibility index (Phi) is 8.72. The lowest BCUT2D eigenvalue weighted by Crippen LogP contribution is -2.42. The van der Waals surface area contributed by atoms with E-state index in [9.17, 15) is 9.59 Å². The molecule has 5 rings (SSSR count). The van der Waals surface area contributed by atoms with Crippen molar-refractivity contribution in [1.29, 1.82) is 0 Å². The Morgan fingerprint density at radius 3 is 2.73 bits per heavy atom. The van der Waals surface area contributed by atoms with Crippen LogP contribution in [0.25, 0.3) is 22.3 Å². The van der Waals surface area contributed by atoms with Crippen LogP contribution in [-0.4, -0.2) is 63.2 Å². The highest BCUT2D eigenvalue weighted by Crippen LogP contribution is 2.30. The third-order valence-corrected chi connectivity index (χ3v) is 7.74. The lowest BCUT2D eigenvalue weighted by molar-refractivity contribution is -0.132. The second kappa shape index (κ2) is 12.6. The molecule has 1 fully saturated rings. The number of piperidine rings is 1. The molecule has 1 saturated heterocycles. The number of carbonyl (C=O) groups is 1. The summed E-state index contributed by atoms with van der Waals surface area (Å²) in [4.78, 5) is 39.0. The molecule has 0 saturated carbocycles. The quantitative estimate of drug-likeness (QED) is 0.294. The first-order valence-corrected chi connectivity index (χ1v) is 14.0. The number of hydrogen-bond donors (Lipinski definition) is 2. The molecule has 40 heavy (non-hydrogen) atoms. The van der Waals surface area contributed by atoms with Crippen LogP contribution in [0.3, 0.4) is 0 Å². The molecule has 2 atom stereocenters. The molecular formula is C31H38N6O3. The van der Waals surface area contributed by atoms with Gasteiger partial charge in [-0.3, -0.25) is 9.59 Å². The second-order valence-corrected chi connectivity index (χ2v) is 10.8. The number of hydrogen-bond acceptors (Lipinski definition) is 6. The Hall–Kier alpha value is -3.82. The van der Waals surface area contributed by atoms with Crippen LogP contribution in [0.5, 0.6) is 0 Å². The standard InChI is InChI=1S/C31H38N6O3/c1-21-12-13-33-31-29(21)35-30(37(31)15-4-16-40-2)25-5-3-14-36(20-25)28(39)18-26(32)17-22-6-8-23(9-7-22)24-10-11-27(38)34-19-24/h6-13,19,25-26H,3-5,14-18,20,32H2,1-2H3,(H,34,38)/t25-,26-/m1/s1. The van der Waals surface area contributed by atoms with Crippen molar-refractivity contribution in [2.75, 3.05) is 26.8 Å². The minimum Gasteiger partial charge on any atom is -0.385 e. The summed E-state index contributed by atoms with van der Waals surface area (Å²) < 4.78 is 7.51. The monoisotopic (exact) mass is 542 g/mol. The molecule has 3 aromatic heterocycles. The van der Waals surface area contributed by atoms with E-state index >= 15 is 0 Å². The number of aryl methyl sites for hydroxylation is 2. The zero-order valence-electron chi connectivity index (χ0n) is 23.3. The Bertz CT molecular complexity index is 1490. The highest BCUT2D eigenvalue weighted by Gasteiger charge is 2.29. The van der Waals surface area contributed by atoms with E-state index in [0.29, 0.717) is 26.0 Å².